The average molecular weight is 380 g/mol. The Morgan fingerprint density at radius 1 is 0.708 bits per heavy atom. The molecular weight excluding hydrogens is 373 g/mol. The minimum Gasteiger partial charge on any atom is -0.413 e. The van der Waals surface area contributed by atoms with Crippen LogP contribution in [0.4, 0.5) is 48.3 Å². The van der Waals surface area contributed by atoms with Crippen LogP contribution in [0.1, 0.15) is 13.8 Å². The molecule has 0 aromatic heterocycles. The summed E-state index contributed by atoms with van der Waals surface area (Å²) in [6.45, 7) is 1.62. The fraction of sp³-hybridized carbons (Fsp3) is 0.727. The molecule has 0 spiro atoms. The van der Waals surface area contributed by atoms with Gasteiger partial charge in [-0.1, -0.05) is 6.08 Å². The Bertz CT molecular complexity index is 549. The summed E-state index contributed by atoms with van der Waals surface area (Å²) in [5.41, 5.74) is -0.914. The second-order valence-corrected chi connectivity index (χ2v) is 4.83. The molecule has 0 atom stereocenters. The summed E-state index contributed by atoms with van der Waals surface area (Å²) in [7, 11) is 0. The summed E-state index contributed by atoms with van der Waals surface area (Å²) in [6, 6.07) is 0. The second-order valence-electron chi connectivity index (χ2n) is 4.83. The molecule has 140 valence electrons. The lowest BCUT2D eigenvalue weighted by atomic mass is 9.78. The number of esters is 1. The molecule has 1 saturated carbocycles. The van der Waals surface area contributed by atoms with Gasteiger partial charge in [0.05, 0.1) is 0 Å². The lowest BCUT2D eigenvalue weighted by molar-refractivity contribution is -0.517. The van der Waals surface area contributed by atoms with Gasteiger partial charge in [0.2, 0.25) is 0 Å². The van der Waals surface area contributed by atoms with E-state index < -0.39 is 47.0 Å². The van der Waals surface area contributed by atoms with E-state index in [9.17, 15) is 53.1 Å². The molecule has 0 aromatic rings. The Labute approximate surface area is 126 Å². The lowest BCUT2D eigenvalue weighted by Crippen LogP contribution is -2.84. The molecule has 0 bridgehead atoms. The van der Waals surface area contributed by atoms with Crippen LogP contribution in [0, 0.1) is 0 Å². The van der Waals surface area contributed by atoms with Gasteiger partial charge in [-0.05, 0) is 13.8 Å². The van der Waals surface area contributed by atoms with E-state index in [4.69, 9.17) is 0 Å². The first-order valence-electron chi connectivity index (χ1n) is 5.81. The molecule has 0 saturated heterocycles. The third-order valence-corrected chi connectivity index (χ3v) is 3.37. The number of allylic oxidation sites excluding steroid dienone is 1. The van der Waals surface area contributed by atoms with Crippen molar-refractivity contribution < 1.29 is 57.8 Å². The van der Waals surface area contributed by atoms with Gasteiger partial charge in [0.1, 0.15) is 0 Å². The van der Waals surface area contributed by atoms with Crippen LogP contribution in [0.2, 0.25) is 0 Å². The van der Waals surface area contributed by atoms with E-state index in [-0.39, 0.29) is 0 Å². The molecule has 0 radical (unpaired) electrons. The van der Waals surface area contributed by atoms with E-state index in [1.165, 1.54) is 0 Å². The van der Waals surface area contributed by atoms with E-state index in [2.05, 4.69) is 4.74 Å². The Morgan fingerprint density at radius 2 is 1.00 bits per heavy atom. The van der Waals surface area contributed by atoms with Gasteiger partial charge < -0.3 is 4.74 Å². The quantitative estimate of drug-likeness (QED) is 0.405. The summed E-state index contributed by atoms with van der Waals surface area (Å²) in [5.74, 6) is -45.5. The van der Waals surface area contributed by atoms with Crippen molar-refractivity contribution in [1.82, 2.24) is 0 Å². The normalized spacial score (nSPS) is 29.0. The zero-order valence-corrected chi connectivity index (χ0v) is 11.6. The predicted octanol–water partition coefficient (Wildman–Crippen LogP) is 4.35. The van der Waals surface area contributed by atoms with Gasteiger partial charge in [0, 0.05) is 5.57 Å². The second kappa shape index (κ2) is 4.97. The van der Waals surface area contributed by atoms with Crippen molar-refractivity contribution >= 4 is 5.97 Å². The molecule has 0 aromatic carbocycles. The fourth-order valence-electron chi connectivity index (χ4n) is 1.65. The maximum Gasteiger partial charge on any atom is 0.391 e. The smallest absolute Gasteiger partial charge is 0.391 e. The zero-order valence-electron chi connectivity index (χ0n) is 11.6. The lowest BCUT2D eigenvalue weighted by Gasteiger charge is -2.51. The molecule has 2 nitrogen and oxygen atoms in total. The van der Waals surface area contributed by atoms with Gasteiger partial charge in [-0.3, -0.25) is 0 Å². The van der Waals surface area contributed by atoms with Crippen molar-refractivity contribution in [3.05, 3.63) is 11.6 Å². The average Bonchev–Trinajstić information content (AvgIpc) is 2.43. The molecule has 0 unspecified atom stereocenters. The van der Waals surface area contributed by atoms with Crippen molar-refractivity contribution in [3.63, 3.8) is 0 Å². The van der Waals surface area contributed by atoms with Crippen LogP contribution in [-0.2, 0) is 9.53 Å². The van der Waals surface area contributed by atoms with Gasteiger partial charge in [0.25, 0.3) is 0 Å². The highest BCUT2D eigenvalue weighted by Crippen LogP contribution is 2.69. The number of carbonyl (C=O) groups is 1. The Hall–Kier alpha value is -1.56. The van der Waals surface area contributed by atoms with Gasteiger partial charge in [0.15, 0.2) is 0 Å². The predicted molar refractivity (Wildman–Crippen MR) is 54.1 cm³/mol. The highest BCUT2D eigenvalue weighted by atomic mass is 19.4. The van der Waals surface area contributed by atoms with E-state index >= 15 is 0 Å². The summed E-state index contributed by atoms with van der Waals surface area (Å²) in [5, 5.41) is 0. The van der Waals surface area contributed by atoms with E-state index in [0.717, 1.165) is 6.92 Å². The maximum atomic E-state index is 13.9. The number of carbonyl (C=O) groups excluding carboxylic acids is 1. The Balaban J connectivity index is 3.72. The number of hydrogen-bond donors (Lipinski definition) is 0. The first-order valence-corrected chi connectivity index (χ1v) is 5.81. The first-order chi connectivity index (χ1) is 10.4. The number of hydrogen-bond acceptors (Lipinski definition) is 2. The molecule has 1 aliphatic carbocycles. The van der Waals surface area contributed by atoms with Crippen molar-refractivity contribution in [1.29, 1.82) is 0 Å². The molecule has 24 heavy (non-hydrogen) atoms. The minimum atomic E-state index is -7.34. The van der Waals surface area contributed by atoms with Crippen molar-refractivity contribution in [3.8, 4) is 0 Å². The monoisotopic (exact) mass is 380 g/mol. The molecule has 0 N–H and O–H groups in total. The van der Waals surface area contributed by atoms with Crippen molar-refractivity contribution in [2.24, 2.45) is 0 Å². The molecule has 13 heteroatoms. The van der Waals surface area contributed by atoms with Crippen LogP contribution < -0.4 is 0 Å². The highest BCUT2D eigenvalue weighted by Gasteiger charge is 3.03. The number of rotatable bonds is 2. The molecule has 0 amide bonds. The fourth-order valence-corrected chi connectivity index (χ4v) is 1.65. The van der Waals surface area contributed by atoms with Crippen LogP contribution >= 0.6 is 0 Å². The molecule has 1 aliphatic rings. The standard InChI is InChI=1S/C11H7F11O2/c1-3-4(2)5(23)24-11(22)9(18,19)7(14,15)6(12,13)8(16,17)10(11,20)21/h3H,1-2H3. The number of alkyl halides is 11. The van der Waals surface area contributed by atoms with Crippen LogP contribution in [0.5, 0.6) is 0 Å². The van der Waals surface area contributed by atoms with Crippen molar-refractivity contribution in [2.45, 2.75) is 49.3 Å². The summed E-state index contributed by atoms with van der Waals surface area (Å²) in [4.78, 5) is 11.1. The SMILES string of the molecule is CC=C(C)C(=O)OC1(F)C(F)(F)C(F)(F)C(F)(F)C(F)(F)C1(F)F. The number of ether oxygens (including phenoxy) is 1. The molecule has 1 rings (SSSR count). The van der Waals surface area contributed by atoms with E-state index in [0.29, 0.717) is 13.0 Å². The molecular formula is C11H7F11O2. The van der Waals surface area contributed by atoms with Crippen LogP contribution in [-0.4, -0.2) is 41.4 Å². The largest absolute Gasteiger partial charge is 0.413 e. The molecule has 0 heterocycles. The topological polar surface area (TPSA) is 26.3 Å². The zero-order chi connectivity index (χ0) is 19.6. The first kappa shape index (κ1) is 20.5. The Kier molecular flexibility index (Phi) is 4.24. The van der Waals surface area contributed by atoms with Gasteiger partial charge in [-0.2, -0.15) is 48.3 Å². The summed E-state index contributed by atoms with van der Waals surface area (Å²) >= 11 is 0. The summed E-state index contributed by atoms with van der Waals surface area (Å²) in [6.07, 6.45) is 0.649. The third kappa shape index (κ3) is 1.92. The maximum absolute atomic E-state index is 13.9. The molecule has 0 aliphatic heterocycles. The highest BCUT2D eigenvalue weighted by molar-refractivity contribution is 5.88. The van der Waals surface area contributed by atoms with E-state index in [1.54, 1.807) is 0 Å². The third-order valence-electron chi connectivity index (χ3n) is 3.37. The van der Waals surface area contributed by atoms with Crippen molar-refractivity contribution in [2.75, 3.05) is 0 Å². The Morgan fingerprint density at radius 3 is 1.29 bits per heavy atom. The minimum absolute atomic E-state index is 0.649. The van der Waals surface area contributed by atoms with Crippen LogP contribution in [0.3, 0.4) is 0 Å². The van der Waals surface area contributed by atoms with Gasteiger partial charge in [-0.15, -0.1) is 0 Å². The van der Waals surface area contributed by atoms with Crippen LogP contribution in [0.25, 0.3) is 0 Å². The molecule has 1 fully saturated rings. The van der Waals surface area contributed by atoms with Gasteiger partial charge >= 0.3 is 41.4 Å². The van der Waals surface area contributed by atoms with E-state index in [1.807, 2.05) is 0 Å². The summed E-state index contributed by atoms with van der Waals surface area (Å²) < 4.78 is 148. The van der Waals surface area contributed by atoms with Crippen LogP contribution in [0.15, 0.2) is 11.6 Å². The van der Waals surface area contributed by atoms with Gasteiger partial charge in [-0.25, -0.2) is 4.79 Å². The number of halogens is 11.